The van der Waals surface area contributed by atoms with Crippen LogP contribution in [0.4, 0.5) is 0 Å². The second-order valence-electron chi connectivity index (χ2n) is 4.96. The number of thiazole rings is 1. The van der Waals surface area contributed by atoms with Crippen LogP contribution in [-0.2, 0) is 16.0 Å². The third-order valence-electron chi connectivity index (χ3n) is 3.51. The Hall–Kier alpha value is -1.73. The molecule has 3 rings (SSSR count). The van der Waals surface area contributed by atoms with Crippen molar-refractivity contribution in [3.05, 3.63) is 28.6 Å². The molecule has 1 atom stereocenters. The molecule has 0 unspecified atom stereocenters. The van der Waals surface area contributed by atoms with Gasteiger partial charge in [0.15, 0.2) is 0 Å². The fourth-order valence-corrected chi connectivity index (χ4v) is 3.99. The number of carboxylic acids is 1. The quantitative estimate of drug-likeness (QED) is 0.938. The summed E-state index contributed by atoms with van der Waals surface area (Å²) in [5.74, 6) is -1.29. The lowest BCUT2D eigenvalue weighted by molar-refractivity contribution is -0.141. The van der Waals surface area contributed by atoms with Crippen molar-refractivity contribution in [1.29, 1.82) is 0 Å². The van der Waals surface area contributed by atoms with Crippen LogP contribution in [0, 0.1) is 5.92 Å². The summed E-state index contributed by atoms with van der Waals surface area (Å²) >= 11 is 3.16. The SMILES string of the molecule is O=C(O)[C@@H]1CCN(C(=O)Cc2csc(-c3cccs3)n2)C1. The number of carbonyl (C=O) groups is 2. The third kappa shape index (κ3) is 3.14. The van der Waals surface area contributed by atoms with Crippen LogP contribution in [0.25, 0.3) is 9.88 Å². The number of carbonyl (C=O) groups excluding carboxylic acids is 1. The Kier molecular flexibility index (Phi) is 4.03. The summed E-state index contributed by atoms with van der Waals surface area (Å²) in [6.45, 7) is 0.841. The van der Waals surface area contributed by atoms with Crippen LogP contribution in [0.1, 0.15) is 12.1 Å². The third-order valence-corrected chi connectivity index (χ3v) is 5.44. The molecular weight excluding hydrogens is 308 g/mol. The van der Waals surface area contributed by atoms with Crippen LogP contribution in [0.2, 0.25) is 0 Å². The second-order valence-corrected chi connectivity index (χ2v) is 6.77. The Labute approximate surface area is 129 Å². The van der Waals surface area contributed by atoms with Gasteiger partial charge >= 0.3 is 5.97 Å². The maximum atomic E-state index is 12.2. The number of nitrogens with zero attached hydrogens (tertiary/aromatic N) is 2. The number of rotatable bonds is 4. The smallest absolute Gasteiger partial charge is 0.308 e. The van der Waals surface area contributed by atoms with Crippen LogP contribution >= 0.6 is 22.7 Å². The predicted molar refractivity (Wildman–Crippen MR) is 81.5 cm³/mol. The van der Waals surface area contributed by atoms with Crippen molar-refractivity contribution in [2.24, 2.45) is 5.92 Å². The van der Waals surface area contributed by atoms with Crippen LogP contribution in [0.5, 0.6) is 0 Å². The lowest BCUT2D eigenvalue weighted by Gasteiger charge is -2.14. The molecular formula is C14H14N2O3S2. The molecule has 1 amide bonds. The van der Waals surface area contributed by atoms with Crippen molar-refractivity contribution < 1.29 is 14.7 Å². The minimum absolute atomic E-state index is 0.0400. The van der Waals surface area contributed by atoms with E-state index in [0.717, 1.165) is 15.6 Å². The Bertz CT molecular complexity index is 651. The van der Waals surface area contributed by atoms with Crippen molar-refractivity contribution in [3.8, 4) is 9.88 Å². The highest BCUT2D eigenvalue weighted by molar-refractivity contribution is 7.20. The summed E-state index contributed by atoms with van der Waals surface area (Å²) in [7, 11) is 0. The molecule has 2 aromatic heterocycles. The molecule has 0 radical (unpaired) electrons. The fourth-order valence-electron chi connectivity index (χ4n) is 2.36. The first-order chi connectivity index (χ1) is 10.1. The van der Waals surface area contributed by atoms with Gasteiger partial charge in [0, 0.05) is 18.5 Å². The zero-order valence-electron chi connectivity index (χ0n) is 11.2. The van der Waals surface area contributed by atoms with Crippen LogP contribution in [0.15, 0.2) is 22.9 Å². The maximum absolute atomic E-state index is 12.2. The second kappa shape index (κ2) is 5.95. The molecule has 5 nitrogen and oxygen atoms in total. The van der Waals surface area contributed by atoms with E-state index in [1.807, 2.05) is 22.9 Å². The van der Waals surface area contributed by atoms with Gasteiger partial charge < -0.3 is 10.0 Å². The van der Waals surface area contributed by atoms with Gasteiger partial charge in [-0.3, -0.25) is 9.59 Å². The monoisotopic (exact) mass is 322 g/mol. The summed E-state index contributed by atoms with van der Waals surface area (Å²) < 4.78 is 0. The lowest BCUT2D eigenvalue weighted by Crippen LogP contribution is -2.31. The van der Waals surface area contributed by atoms with E-state index in [4.69, 9.17) is 5.11 Å². The van der Waals surface area contributed by atoms with Gasteiger partial charge in [0.05, 0.1) is 22.9 Å². The number of aliphatic carboxylic acids is 1. The van der Waals surface area contributed by atoms with E-state index >= 15 is 0 Å². The Balaban J connectivity index is 1.62. The van der Waals surface area contributed by atoms with Crippen molar-refractivity contribution in [3.63, 3.8) is 0 Å². The van der Waals surface area contributed by atoms with E-state index in [1.165, 1.54) is 11.3 Å². The number of carboxylic acid groups (broad SMARTS) is 1. The van der Waals surface area contributed by atoms with Gasteiger partial charge in [-0.15, -0.1) is 22.7 Å². The van der Waals surface area contributed by atoms with Gasteiger partial charge in [-0.05, 0) is 17.9 Å². The summed E-state index contributed by atoms with van der Waals surface area (Å²) in [6, 6.07) is 3.98. The Morgan fingerprint density at radius 3 is 2.95 bits per heavy atom. The summed E-state index contributed by atoms with van der Waals surface area (Å²) in [5.41, 5.74) is 0.757. The highest BCUT2D eigenvalue weighted by Gasteiger charge is 2.30. The molecule has 3 heterocycles. The minimum atomic E-state index is -0.820. The van der Waals surface area contributed by atoms with Crippen LogP contribution in [-0.4, -0.2) is 40.0 Å². The summed E-state index contributed by atoms with van der Waals surface area (Å²) in [6.07, 6.45) is 0.785. The Morgan fingerprint density at radius 2 is 2.29 bits per heavy atom. The van der Waals surface area contributed by atoms with E-state index in [1.54, 1.807) is 16.2 Å². The average molecular weight is 322 g/mol. The molecule has 1 aliphatic heterocycles. The van der Waals surface area contributed by atoms with Crippen LogP contribution < -0.4 is 0 Å². The van der Waals surface area contributed by atoms with Crippen molar-refractivity contribution in [1.82, 2.24) is 9.88 Å². The average Bonchev–Trinajstić information content (AvgIpc) is 3.19. The number of hydrogen-bond donors (Lipinski definition) is 1. The van der Waals surface area contributed by atoms with Crippen molar-refractivity contribution in [2.45, 2.75) is 12.8 Å². The van der Waals surface area contributed by atoms with E-state index in [0.29, 0.717) is 19.5 Å². The topological polar surface area (TPSA) is 70.5 Å². The number of likely N-dealkylation sites (tertiary alicyclic amines) is 1. The van der Waals surface area contributed by atoms with Gasteiger partial charge in [-0.2, -0.15) is 0 Å². The van der Waals surface area contributed by atoms with Gasteiger partial charge in [-0.1, -0.05) is 6.07 Å². The molecule has 2 aromatic rings. The lowest BCUT2D eigenvalue weighted by atomic mass is 10.1. The highest BCUT2D eigenvalue weighted by Crippen LogP contribution is 2.28. The first-order valence-corrected chi connectivity index (χ1v) is 8.38. The fraction of sp³-hybridized carbons (Fsp3) is 0.357. The Morgan fingerprint density at radius 1 is 1.43 bits per heavy atom. The first kappa shape index (κ1) is 14.2. The molecule has 0 aliphatic carbocycles. The zero-order chi connectivity index (χ0) is 14.8. The number of amides is 1. The van der Waals surface area contributed by atoms with Gasteiger partial charge in [0.1, 0.15) is 5.01 Å². The number of aromatic nitrogens is 1. The van der Waals surface area contributed by atoms with Crippen LogP contribution in [0.3, 0.4) is 0 Å². The normalized spacial score (nSPS) is 18.1. The zero-order valence-corrected chi connectivity index (χ0v) is 12.8. The summed E-state index contributed by atoms with van der Waals surface area (Å²) in [4.78, 5) is 30.3. The molecule has 1 aliphatic rings. The van der Waals surface area contributed by atoms with E-state index in [9.17, 15) is 9.59 Å². The molecule has 0 spiro atoms. The first-order valence-electron chi connectivity index (χ1n) is 6.62. The molecule has 0 aromatic carbocycles. The molecule has 7 heteroatoms. The molecule has 1 saturated heterocycles. The molecule has 110 valence electrons. The molecule has 1 fully saturated rings. The van der Waals surface area contributed by atoms with Crippen molar-refractivity contribution in [2.75, 3.05) is 13.1 Å². The predicted octanol–water partition coefficient (Wildman–Crippen LogP) is 2.35. The summed E-state index contributed by atoms with van der Waals surface area (Å²) in [5, 5.41) is 13.8. The largest absolute Gasteiger partial charge is 0.481 e. The number of hydrogen-bond acceptors (Lipinski definition) is 5. The molecule has 0 bridgehead atoms. The van der Waals surface area contributed by atoms with Gasteiger partial charge in [0.2, 0.25) is 5.91 Å². The molecule has 21 heavy (non-hydrogen) atoms. The van der Waals surface area contributed by atoms with E-state index < -0.39 is 11.9 Å². The van der Waals surface area contributed by atoms with Gasteiger partial charge in [0.25, 0.3) is 0 Å². The van der Waals surface area contributed by atoms with Gasteiger partial charge in [-0.25, -0.2) is 4.98 Å². The standard InChI is InChI=1S/C14H14N2O3S2/c17-12(16-4-3-9(7-16)14(18)19)6-10-8-21-13(15-10)11-2-1-5-20-11/h1-2,5,8-9H,3-4,6-7H2,(H,18,19)/t9-/m1/s1. The van der Waals surface area contributed by atoms with E-state index in [-0.39, 0.29) is 12.3 Å². The number of thiophene rings is 1. The van der Waals surface area contributed by atoms with Crippen molar-refractivity contribution >= 4 is 34.6 Å². The molecule has 1 N–H and O–H groups in total. The molecule has 0 saturated carbocycles. The minimum Gasteiger partial charge on any atom is -0.481 e. The highest BCUT2D eigenvalue weighted by atomic mass is 32.1. The maximum Gasteiger partial charge on any atom is 0.308 e. The van der Waals surface area contributed by atoms with E-state index in [2.05, 4.69) is 4.98 Å².